The number of benzene rings is 2. The molecule has 0 saturated carbocycles. The summed E-state index contributed by atoms with van der Waals surface area (Å²) in [4.78, 5) is 12.7. The summed E-state index contributed by atoms with van der Waals surface area (Å²) in [6, 6.07) is 28.7. The van der Waals surface area contributed by atoms with Gasteiger partial charge in [-0.05, 0) is 93.7 Å². The molecule has 0 unspecified atom stereocenters. The molecule has 10 heteroatoms. The van der Waals surface area contributed by atoms with Gasteiger partial charge in [0.1, 0.15) is 34.3 Å². The molecule has 0 aliphatic heterocycles. The summed E-state index contributed by atoms with van der Waals surface area (Å²) in [6.07, 6.45) is 0. The first-order valence-electron chi connectivity index (χ1n) is 13.0. The Morgan fingerprint density at radius 3 is 1.37 bits per heavy atom. The molecule has 0 fully saturated rings. The predicted octanol–water partition coefficient (Wildman–Crippen LogP) is 10.1. The van der Waals surface area contributed by atoms with E-state index in [4.69, 9.17) is 21.0 Å². The Hall–Kier alpha value is -4.94. The number of hydrogen-bond acceptors (Lipinski definition) is 10. The molecule has 0 atom stereocenters. The van der Waals surface area contributed by atoms with Gasteiger partial charge in [-0.3, -0.25) is 0 Å². The predicted molar refractivity (Wildman–Crippen MR) is 178 cm³/mol. The lowest BCUT2D eigenvalue weighted by atomic mass is 9.82. The van der Waals surface area contributed by atoms with Crippen LogP contribution in [0.3, 0.4) is 0 Å². The van der Waals surface area contributed by atoms with Gasteiger partial charge in [0.15, 0.2) is 0 Å². The van der Waals surface area contributed by atoms with Crippen LogP contribution >= 0.6 is 45.3 Å². The summed E-state index contributed by atoms with van der Waals surface area (Å²) in [7, 11) is 0. The van der Waals surface area contributed by atoms with Crippen LogP contribution in [-0.4, -0.2) is 11.4 Å². The van der Waals surface area contributed by atoms with Crippen LogP contribution in [0, 0.1) is 45.3 Å². The number of aliphatic imine (C=N–C) groups is 2. The molecule has 1 aliphatic carbocycles. The van der Waals surface area contributed by atoms with Gasteiger partial charge in [-0.25, -0.2) is 9.98 Å². The van der Waals surface area contributed by atoms with Crippen LogP contribution in [0.4, 0.5) is 10.0 Å². The van der Waals surface area contributed by atoms with Crippen molar-refractivity contribution in [3.05, 3.63) is 71.8 Å². The molecule has 0 radical (unpaired) electrons. The van der Waals surface area contributed by atoms with Crippen LogP contribution in [0.1, 0.15) is 25.0 Å². The molecule has 0 N–H and O–H groups in total. The maximum Gasteiger partial charge on any atom is 0.219 e. The zero-order valence-corrected chi connectivity index (χ0v) is 25.9. The van der Waals surface area contributed by atoms with Crippen molar-refractivity contribution in [3.8, 4) is 54.9 Å². The Morgan fingerprint density at radius 1 is 0.558 bits per heavy atom. The second-order valence-electron chi connectivity index (χ2n) is 10.4. The van der Waals surface area contributed by atoms with E-state index in [1.54, 1.807) is 22.7 Å². The second-order valence-corrected chi connectivity index (χ2v) is 14.7. The van der Waals surface area contributed by atoms with Crippen molar-refractivity contribution in [1.29, 1.82) is 21.0 Å². The standard InChI is InChI=1S/C33H16N6S4/c1-33(2)23-7-17-9-29(25-3-5-31(42-25)38-19(13-34)14-35)40-27(17)11-21(23)22-12-28-18(8-24(22)33)10-30(41-28)26-4-6-32(43-26)39-20(15-36)16-37/h3-12H,1-2H3. The van der Waals surface area contributed by atoms with Gasteiger partial charge in [0.2, 0.25) is 11.4 Å². The first kappa shape index (κ1) is 26.9. The van der Waals surface area contributed by atoms with Crippen molar-refractivity contribution < 1.29 is 0 Å². The zero-order chi connectivity index (χ0) is 29.9. The van der Waals surface area contributed by atoms with Gasteiger partial charge in [0.25, 0.3) is 0 Å². The lowest BCUT2D eigenvalue weighted by molar-refractivity contribution is 0.662. The lowest BCUT2D eigenvalue weighted by Crippen LogP contribution is -2.14. The molecule has 2 aromatic carbocycles. The van der Waals surface area contributed by atoms with Crippen LogP contribution in [0.2, 0.25) is 0 Å². The monoisotopic (exact) mass is 624 g/mol. The van der Waals surface area contributed by atoms with Crippen molar-refractivity contribution in [2.45, 2.75) is 19.3 Å². The zero-order valence-electron chi connectivity index (χ0n) is 22.6. The molecule has 0 amide bonds. The summed E-state index contributed by atoms with van der Waals surface area (Å²) in [5, 5.41) is 39.8. The van der Waals surface area contributed by atoms with E-state index in [-0.39, 0.29) is 16.8 Å². The first-order chi connectivity index (χ1) is 20.8. The van der Waals surface area contributed by atoms with Crippen molar-refractivity contribution in [2.24, 2.45) is 9.98 Å². The summed E-state index contributed by atoms with van der Waals surface area (Å²) in [5.41, 5.74) is 4.69. The Bertz CT molecular complexity index is 2180. The van der Waals surface area contributed by atoms with Gasteiger partial charge >= 0.3 is 0 Å². The van der Waals surface area contributed by atoms with Crippen LogP contribution < -0.4 is 0 Å². The Kier molecular flexibility index (Phi) is 6.33. The molecule has 7 rings (SSSR count). The Labute approximate surface area is 262 Å². The minimum atomic E-state index is -0.164. The highest BCUT2D eigenvalue weighted by Gasteiger charge is 2.36. The molecule has 0 spiro atoms. The highest BCUT2D eigenvalue weighted by atomic mass is 32.1. The third-order valence-electron chi connectivity index (χ3n) is 7.49. The molecule has 4 aromatic heterocycles. The van der Waals surface area contributed by atoms with Gasteiger partial charge in [-0.1, -0.05) is 13.8 Å². The van der Waals surface area contributed by atoms with E-state index < -0.39 is 0 Å². The van der Waals surface area contributed by atoms with Gasteiger partial charge in [0, 0.05) is 34.3 Å². The maximum atomic E-state index is 9.04. The minimum absolute atomic E-state index is 0.145. The van der Waals surface area contributed by atoms with E-state index in [0.29, 0.717) is 10.0 Å². The fraction of sp³-hybridized carbons (Fsp3) is 0.0909. The number of hydrogen-bond donors (Lipinski definition) is 0. The molecular formula is C33H16N6S4. The van der Waals surface area contributed by atoms with E-state index in [9.17, 15) is 0 Å². The minimum Gasteiger partial charge on any atom is -0.216 e. The van der Waals surface area contributed by atoms with Crippen LogP contribution in [0.15, 0.2) is 70.6 Å². The second kappa shape index (κ2) is 10.1. The molecule has 4 heterocycles. The molecule has 43 heavy (non-hydrogen) atoms. The number of nitrogens with zero attached hydrogens (tertiary/aromatic N) is 6. The van der Waals surface area contributed by atoms with Crippen molar-refractivity contribution in [3.63, 3.8) is 0 Å². The van der Waals surface area contributed by atoms with E-state index >= 15 is 0 Å². The maximum absolute atomic E-state index is 9.04. The number of fused-ring (bicyclic) bond motifs is 5. The van der Waals surface area contributed by atoms with Crippen LogP contribution in [-0.2, 0) is 5.41 Å². The lowest BCUT2D eigenvalue weighted by Gasteiger charge is -2.21. The average Bonchev–Trinajstić information content (AvgIpc) is 3.83. The largest absolute Gasteiger partial charge is 0.219 e. The smallest absolute Gasteiger partial charge is 0.216 e. The third kappa shape index (κ3) is 4.46. The number of thiophene rings is 4. The van der Waals surface area contributed by atoms with Crippen LogP contribution in [0.25, 0.3) is 50.8 Å². The molecule has 6 aromatic rings. The normalized spacial score (nSPS) is 12.5. The third-order valence-corrected chi connectivity index (χ3v) is 12.0. The molecule has 6 nitrogen and oxygen atoms in total. The SMILES string of the molecule is CC1(C)c2cc3cc(-c4ccc(N=C(C#N)C#N)s4)sc3cc2-c2cc3sc(-c4ccc(N=C(C#N)C#N)s4)cc3cc21. The fourth-order valence-corrected chi connectivity index (χ4v) is 9.55. The van der Waals surface area contributed by atoms with Crippen LogP contribution in [0.5, 0.6) is 0 Å². The van der Waals surface area contributed by atoms with Crippen molar-refractivity contribution >= 4 is 86.9 Å². The van der Waals surface area contributed by atoms with E-state index in [2.05, 4.69) is 60.2 Å². The van der Waals surface area contributed by atoms with E-state index in [1.165, 1.54) is 65.1 Å². The quantitative estimate of drug-likeness (QED) is 0.181. The van der Waals surface area contributed by atoms with Gasteiger partial charge in [-0.15, -0.1) is 45.3 Å². The molecule has 0 bridgehead atoms. The summed E-state index contributed by atoms with van der Waals surface area (Å²) < 4.78 is 2.41. The highest BCUT2D eigenvalue weighted by Crippen LogP contribution is 2.53. The Balaban J connectivity index is 1.28. The van der Waals surface area contributed by atoms with Crippen molar-refractivity contribution in [1.82, 2.24) is 0 Å². The molecule has 1 aliphatic rings. The van der Waals surface area contributed by atoms with E-state index in [0.717, 1.165) is 19.5 Å². The average molecular weight is 625 g/mol. The highest BCUT2D eigenvalue weighted by molar-refractivity contribution is 7.27. The van der Waals surface area contributed by atoms with Gasteiger partial charge in [-0.2, -0.15) is 21.0 Å². The molecule has 0 saturated heterocycles. The van der Waals surface area contributed by atoms with E-state index in [1.807, 2.05) is 48.5 Å². The summed E-state index contributed by atoms with van der Waals surface area (Å²) in [6.45, 7) is 4.57. The summed E-state index contributed by atoms with van der Waals surface area (Å²) >= 11 is 6.41. The Morgan fingerprint density at radius 2 is 0.977 bits per heavy atom. The first-order valence-corrected chi connectivity index (χ1v) is 16.2. The van der Waals surface area contributed by atoms with Gasteiger partial charge < -0.3 is 0 Å². The number of nitriles is 4. The summed E-state index contributed by atoms with van der Waals surface area (Å²) in [5.74, 6) is 0. The molecule has 202 valence electrons. The van der Waals surface area contributed by atoms with Gasteiger partial charge in [0.05, 0.1) is 0 Å². The van der Waals surface area contributed by atoms with Crippen molar-refractivity contribution in [2.75, 3.05) is 0 Å². The number of rotatable bonds is 4. The topological polar surface area (TPSA) is 120 Å². The molecular weight excluding hydrogens is 609 g/mol. The fourth-order valence-electron chi connectivity index (χ4n) is 5.45.